The van der Waals surface area contributed by atoms with Gasteiger partial charge in [0.25, 0.3) is 0 Å². The summed E-state index contributed by atoms with van der Waals surface area (Å²) in [6.07, 6.45) is 1.15. The van der Waals surface area contributed by atoms with Crippen molar-refractivity contribution in [3.63, 3.8) is 0 Å². The number of rotatable bonds is 10. The van der Waals surface area contributed by atoms with E-state index in [1.165, 1.54) is 11.1 Å². The molecule has 1 aromatic heterocycles. The minimum absolute atomic E-state index is 0.751. The molecule has 0 saturated heterocycles. The van der Waals surface area contributed by atoms with Crippen LogP contribution < -0.4 is 10.2 Å². The summed E-state index contributed by atoms with van der Waals surface area (Å²) in [6, 6.07) is 2.17. The molecule has 0 radical (unpaired) electrons. The molecule has 120 valence electrons. The number of hydrogen-bond donors (Lipinski definition) is 1. The Morgan fingerprint density at radius 3 is 2.62 bits per heavy atom. The zero-order valence-electron chi connectivity index (χ0n) is 14.3. The van der Waals surface area contributed by atoms with Gasteiger partial charge in [-0.25, -0.2) is 4.98 Å². The van der Waals surface area contributed by atoms with Crippen molar-refractivity contribution in [1.29, 1.82) is 0 Å². The van der Waals surface area contributed by atoms with Gasteiger partial charge < -0.3 is 15.0 Å². The molecule has 0 amide bonds. The van der Waals surface area contributed by atoms with Gasteiger partial charge in [0, 0.05) is 37.5 Å². The largest absolute Gasteiger partial charge is 0.380 e. The predicted molar refractivity (Wildman–Crippen MR) is 90.1 cm³/mol. The van der Waals surface area contributed by atoms with Gasteiger partial charge in [-0.1, -0.05) is 6.92 Å². The number of pyridine rings is 1. The Morgan fingerprint density at radius 2 is 2.00 bits per heavy atom. The molecule has 1 rings (SSSR count). The Hall–Kier alpha value is -1.13. The van der Waals surface area contributed by atoms with Gasteiger partial charge in [-0.3, -0.25) is 0 Å². The molecule has 0 saturated carbocycles. The molecule has 21 heavy (non-hydrogen) atoms. The summed E-state index contributed by atoms with van der Waals surface area (Å²) in [4.78, 5) is 7.11. The van der Waals surface area contributed by atoms with Crippen molar-refractivity contribution in [3.05, 3.63) is 22.9 Å². The molecule has 0 aromatic carbocycles. The van der Waals surface area contributed by atoms with E-state index in [4.69, 9.17) is 9.72 Å². The van der Waals surface area contributed by atoms with Crippen LogP contribution in [0, 0.1) is 13.8 Å². The number of anilines is 1. The van der Waals surface area contributed by atoms with Gasteiger partial charge in [-0.2, -0.15) is 0 Å². The molecule has 0 aliphatic carbocycles. The minimum Gasteiger partial charge on any atom is -0.380 e. The predicted octanol–water partition coefficient (Wildman–Crippen LogP) is 3.06. The summed E-state index contributed by atoms with van der Waals surface area (Å²) < 4.78 is 5.50. The third kappa shape index (κ3) is 5.64. The van der Waals surface area contributed by atoms with Crippen molar-refractivity contribution in [3.8, 4) is 0 Å². The van der Waals surface area contributed by atoms with Crippen LogP contribution in [-0.2, 0) is 11.3 Å². The Balaban J connectivity index is 2.94. The number of nitrogens with one attached hydrogen (secondary N) is 1. The second-order valence-corrected chi connectivity index (χ2v) is 5.34. The standard InChI is InChI=1S/C17H31N3O/c1-6-9-18-13-16-14(4)12-15(5)19-17(16)20(7-2)10-11-21-8-3/h12,18H,6-11,13H2,1-5H3. The van der Waals surface area contributed by atoms with E-state index >= 15 is 0 Å². The first-order valence-electron chi connectivity index (χ1n) is 8.14. The molecule has 0 unspecified atom stereocenters. The van der Waals surface area contributed by atoms with Crippen molar-refractivity contribution in [2.75, 3.05) is 37.7 Å². The lowest BCUT2D eigenvalue weighted by Crippen LogP contribution is -2.30. The van der Waals surface area contributed by atoms with Crippen molar-refractivity contribution in [2.24, 2.45) is 0 Å². The zero-order valence-corrected chi connectivity index (χ0v) is 14.3. The summed E-state index contributed by atoms with van der Waals surface area (Å²) in [5.74, 6) is 1.11. The fourth-order valence-electron chi connectivity index (χ4n) is 2.45. The van der Waals surface area contributed by atoms with Crippen LogP contribution in [0.2, 0.25) is 0 Å². The van der Waals surface area contributed by atoms with Crippen LogP contribution in [0.25, 0.3) is 0 Å². The molecule has 4 heteroatoms. The molecule has 0 atom stereocenters. The number of hydrogen-bond acceptors (Lipinski definition) is 4. The zero-order chi connectivity index (χ0) is 15.7. The molecule has 0 fully saturated rings. The summed E-state index contributed by atoms with van der Waals surface area (Å²) in [5, 5.41) is 3.50. The van der Waals surface area contributed by atoms with Crippen LogP contribution in [0.1, 0.15) is 44.0 Å². The minimum atomic E-state index is 0.751. The highest BCUT2D eigenvalue weighted by atomic mass is 16.5. The quantitative estimate of drug-likeness (QED) is 0.673. The maximum Gasteiger partial charge on any atom is 0.133 e. The lowest BCUT2D eigenvalue weighted by Gasteiger charge is -2.26. The highest BCUT2D eigenvalue weighted by Crippen LogP contribution is 2.22. The fraction of sp³-hybridized carbons (Fsp3) is 0.706. The lowest BCUT2D eigenvalue weighted by atomic mass is 10.1. The Bertz CT molecular complexity index is 421. The normalized spacial score (nSPS) is 10.9. The first kappa shape index (κ1) is 17.9. The number of ether oxygens (including phenoxy) is 1. The molecule has 1 aromatic rings. The van der Waals surface area contributed by atoms with Crippen LogP contribution in [0.4, 0.5) is 5.82 Å². The Kier molecular flexibility index (Phi) is 8.31. The monoisotopic (exact) mass is 293 g/mol. The number of likely N-dealkylation sites (N-methyl/N-ethyl adjacent to an activating group) is 1. The topological polar surface area (TPSA) is 37.4 Å². The van der Waals surface area contributed by atoms with E-state index in [0.717, 1.165) is 57.3 Å². The third-order valence-electron chi connectivity index (χ3n) is 3.57. The van der Waals surface area contributed by atoms with E-state index in [2.05, 4.69) is 44.0 Å². The van der Waals surface area contributed by atoms with Crippen LogP contribution in [-0.4, -0.2) is 37.8 Å². The molecule has 0 aliphatic rings. The number of aryl methyl sites for hydroxylation is 2. The Labute approximate surface area is 129 Å². The Morgan fingerprint density at radius 1 is 1.24 bits per heavy atom. The molecule has 0 bridgehead atoms. The third-order valence-corrected chi connectivity index (χ3v) is 3.57. The smallest absolute Gasteiger partial charge is 0.133 e. The molecular formula is C17H31N3O. The van der Waals surface area contributed by atoms with Gasteiger partial charge in [0.1, 0.15) is 5.82 Å². The van der Waals surface area contributed by atoms with Crippen LogP contribution in [0.5, 0.6) is 0 Å². The van der Waals surface area contributed by atoms with E-state index in [1.54, 1.807) is 0 Å². The maximum absolute atomic E-state index is 5.50. The summed E-state index contributed by atoms with van der Waals surface area (Å²) in [5.41, 5.74) is 3.71. The summed E-state index contributed by atoms with van der Waals surface area (Å²) in [7, 11) is 0. The van der Waals surface area contributed by atoms with Gasteiger partial charge in [-0.05, 0) is 52.3 Å². The highest BCUT2D eigenvalue weighted by Gasteiger charge is 2.14. The van der Waals surface area contributed by atoms with Crippen molar-refractivity contribution < 1.29 is 4.74 Å². The molecule has 4 nitrogen and oxygen atoms in total. The van der Waals surface area contributed by atoms with Gasteiger partial charge in [-0.15, -0.1) is 0 Å². The van der Waals surface area contributed by atoms with E-state index < -0.39 is 0 Å². The molecule has 0 spiro atoms. The maximum atomic E-state index is 5.50. The van der Waals surface area contributed by atoms with E-state index in [-0.39, 0.29) is 0 Å². The second kappa shape index (κ2) is 9.74. The first-order chi connectivity index (χ1) is 10.1. The van der Waals surface area contributed by atoms with E-state index in [1.807, 2.05) is 6.92 Å². The SMILES string of the molecule is CCCNCc1c(C)cc(C)nc1N(CC)CCOCC. The number of aromatic nitrogens is 1. The van der Waals surface area contributed by atoms with Gasteiger partial charge in [0.2, 0.25) is 0 Å². The van der Waals surface area contributed by atoms with Crippen LogP contribution in [0.3, 0.4) is 0 Å². The van der Waals surface area contributed by atoms with Crippen molar-refractivity contribution >= 4 is 5.82 Å². The first-order valence-corrected chi connectivity index (χ1v) is 8.14. The average Bonchev–Trinajstić information content (AvgIpc) is 2.46. The van der Waals surface area contributed by atoms with Gasteiger partial charge >= 0.3 is 0 Å². The van der Waals surface area contributed by atoms with Gasteiger partial charge in [0.05, 0.1) is 6.61 Å². The summed E-state index contributed by atoms with van der Waals surface area (Å²) in [6.45, 7) is 15.9. The lowest BCUT2D eigenvalue weighted by molar-refractivity contribution is 0.154. The molecule has 1 heterocycles. The van der Waals surface area contributed by atoms with Crippen LogP contribution >= 0.6 is 0 Å². The molecule has 0 aliphatic heterocycles. The molecule has 1 N–H and O–H groups in total. The number of nitrogens with zero attached hydrogens (tertiary/aromatic N) is 2. The fourth-order valence-corrected chi connectivity index (χ4v) is 2.45. The molecular weight excluding hydrogens is 262 g/mol. The van der Waals surface area contributed by atoms with Crippen molar-refractivity contribution in [1.82, 2.24) is 10.3 Å². The second-order valence-electron chi connectivity index (χ2n) is 5.34. The summed E-state index contributed by atoms with van der Waals surface area (Å²) >= 11 is 0. The highest BCUT2D eigenvalue weighted by molar-refractivity contribution is 5.51. The van der Waals surface area contributed by atoms with Crippen LogP contribution in [0.15, 0.2) is 6.07 Å². The van der Waals surface area contributed by atoms with E-state index in [9.17, 15) is 0 Å². The average molecular weight is 293 g/mol. The van der Waals surface area contributed by atoms with Crippen molar-refractivity contribution in [2.45, 2.75) is 47.6 Å². The van der Waals surface area contributed by atoms with E-state index in [0.29, 0.717) is 0 Å². The van der Waals surface area contributed by atoms with Gasteiger partial charge in [0.15, 0.2) is 0 Å².